The van der Waals surface area contributed by atoms with Crippen LogP contribution in [0.2, 0.25) is 5.02 Å². The van der Waals surface area contributed by atoms with E-state index in [0.29, 0.717) is 17.2 Å². The Morgan fingerprint density at radius 2 is 2.10 bits per heavy atom. The molecule has 3 aromatic heterocycles. The highest BCUT2D eigenvalue weighted by atomic mass is 35.5. The van der Waals surface area contributed by atoms with E-state index in [9.17, 15) is 4.79 Å². The molecule has 106 valence electrons. The Morgan fingerprint density at radius 3 is 2.81 bits per heavy atom. The van der Waals surface area contributed by atoms with Gasteiger partial charge in [-0.15, -0.1) is 0 Å². The molecule has 0 aliphatic carbocycles. The van der Waals surface area contributed by atoms with Gasteiger partial charge < -0.3 is 4.98 Å². The van der Waals surface area contributed by atoms with Gasteiger partial charge in [-0.05, 0) is 32.0 Å². The summed E-state index contributed by atoms with van der Waals surface area (Å²) in [5.41, 5.74) is 2.09. The molecule has 7 heteroatoms. The maximum atomic E-state index is 11.4. The van der Waals surface area contributed by atoms with E-state index in [1.807, 2.05) is 19.1 Å². The van der Waals surface area contributed by atoms with Crippen molar-refractivity contribution in [2.24, 2.45) is 0 Å². The van der Waals surface area contributed by atoms with Gasteiger partial charge in [0.2, 0.25) is 0 Å². The van der Waals surface area contributed by atoms with Crippen LogP contribution < -0.4 is 5.56 Å². The fraction of sp³-hybridized carbons (Fsp3) is 0.143. The fourth-order valence-electron chi connectivity index (χ4n) is 2.03. The number of rotatable bonds is 2. The van der Waals surface area contributed by atoms with Crippen LogP contribution in [0.5, 0.6) is 0 Å². The number of aromatic amines is 1. The van der Waals surface area contributed by atoms with Crippen LogP contribution in [0.3, 0.4) is 0 Å². The van der Waals surface area contributed by atoms with Crippen LogP contribution >= 0.6 is 11.6 Å². The van der Waals surface area contributed by atoms with Crippen molar-refractivity contribution in [3.05, 3.63) is 57.5 Å². The minimum atomic E-state index is -0.331. The summed E-state index contributed by atoms with van der Waals surface area (Å²) in [7, 11) is 0. The monoisotopic (exact) mass is 301 g/mol. The van der Waals surface area contributed by atoms with Crippen molar-refractivity contribution < 1.29 is 0 Å². The lowest BCUT2D eigenvalue weighted by molar-refractivity contribution is 0.863. The molecule has 0 saturated carbocycles. The minimum absolute atomic E-state index is 0.116. The van der Waals surface area contributed by atoms with Crippen LogP contribution in [0.4, 0.5) is 0 Å². The van der Waals surface area contributed by atoms with E-state index in [2.05, 4.69) is 20.1 Å². The quantitative estimate of drug-likeness (QED) is 0.788. The van der Waals surface area contributed by atoms with E-state index < -0.39 is 0 Å². The molecule has 0 aliphatic rings. The molecule has 3 rings (SSSR count). The number of halogens is 1. The normalized spacial score (nSPS) is 10.8. The predicted octanol–water partition coefficient (Wildman–Crippen LogP) is 2.29. The molecule has 6 nitrogen and oxygen atoms in total. The van der Waals surface area contributed by atoms with Gasteiger partial charge in [-0.2, -0.15) is 5.10 Å². The summed E-state index contributed by atoms with van der Waals surface area (Å²) in [6.07, 6.45) is 3.29. The van der Waals surface area contributed by atoms with E-state index in [0.717, 1.165) is 11.4 Å². The highest BCUT2D eigenvalue weighted by molar-refractivity contribution is 6.30. The smallest absolute Gasteiger partial charge is 0.266 e. The lowest BCUT2D eigenvalue weighted by Gasteiger charge is -2.06. The summed E-state index contributed by atoms with van der Waals surface area (Å²) in [6, 6.07) is 5.33. The summed E-state index contributed by atoms with van der Waals surface area (Å²) in [5.74, 6) is 1.23. The van der Waals surface area contributed by atoms with Crippen molar-refractivity contribution in [2.45, 2.75) is 13.8 Å². The SMILES string of the molecule is Cc1cc(-n2nc(C)nc2-c2c[nH]c(=O)c(Cl)c2)ccn1. The van der Waals surface area contributed by atoms with Crippen LogP contribution in [-0.4, -0.2) is 24.7 Å². The largest absolute Gasteiger partial charge is 0.327 e. The Balaban J connectivity index is 2.20. The number of H-pyrrole nitrogens is 1. The van der Waals surface area contributed by atoms with Crippen molar-refractivity contribution in [2.75, 3.05) is 0 Å². The highest BCUT2D eigenvalue weighted by Gasteiger charge is 2.13. The van der Waals surface area contributed by atoms with Crippen LogP contribution in [0.25, 0.3) is 17.1 Å². The molecule has 0 atom stereocenters. The third kappa shape index (κ3) is 2.57. The Morgan fingerprint density at radius 1 is 1.29 bits per heavy atom. The first-order valence-electron chi connectivity index (χ1n) is 6.30. The molecular formula is C14H12ClN5O. The second kappa shape index (κ2) is 5.14. The van der Waals surface area contributed by atoms with Gasteiger partial charge in [0.1, 0.15) is 10.8 Å². The second-order valence-electron chi connectivity index (χ2n) is 4.62. The zero-order valence-corrected chi connectivity index (χ0v) is 12.2. The van der Waals surface area contributed by atoms with Crippen molar-refractivity contribution >= 4 is 11.6 Å². The molecule has 0 fully saturated rings. The van der Waals surface area contributed by atoms with Gasteiger partial charge in [0.25, 0.3) is 5.56 Å². The maximum Gasteiger partial charge on any atom is 0.266 e. The average Bonchev–Trinajstić information content (AvgIpc) is 2.84. The van der Waals surface area contributed by atoms with Gasteiger partial charge in [-0.3, -0.25) is 9.78 Å². The van der Waals surface area contributed by atoms with E-state index in [-0.39, 0.29) is 10.6 Å². The molecule has 0 amide bonds. The molecule has 3 heterocycles. The number of nitrogens with one attached hydrogen (secondary N) is 1. The minimum Gasteiger partial charge on any atom is -0.327 e. The van der Waals surface area contributed by atoms with E-state index >= 15 is 0 Å². The lowest BCUT2D eigenvalue weighted by Crippen LogP contribution is -2.07. The Bertz CT molecular complexity index is 868. The third-order valence-corrected chi connectivity index (χ3v) is 3.23. The molecular weight excluding hydrogens is 290 g/mol. The summed E-state index contributed by atoms with van der Waals surface area (Å²) >= 11 is 5.88. The number of aromatic nitrogens is 5. The van der Waals surface area contributed by atoms with Crippen molar-refractivity contribution in [3.8, 4) is 17.1 Å². The van der Waals surface area contributed by atoms with E-state index in [4.69, 9.17) is 11.6 Å². The fourth-order valence-corrected chi connectivity index (χ4v) is 2.20. The molecule has 0 aliphatic heterocycles. The van der Waals surface area contributed by atoms with Gasteiger partial charge in [0.05, 0.1) is 5.69 Å². The number of hydrogen-bond donors (Lipinski definition) is 1. The molecule has 0 radical (unpaired) electrons. The maximum absolute atomic E-state index is 11.4. The molecule has 0 unspecified atom stereocenters. The molecule has 3 aromatic rings. The van der Waals surface area contributed by atoms with Gasteiger partial charge in [0, 0.05) is 23.7 Å². The van der Waals surface area contributed by atoms with Crippen LogP contribution in [0.1, 0.15) is 11.5 Å². The molecule has 0 aromatic carbocycles. The Kier molecular flexibility index (Phi) is 3.31. The van der Waals surface area contributed by atoms with Crippen LogP contribution in [0, 0.1) is 13.8 Å². The summed E-state index contributed by atoms with van der Waals surface area (Å²) in [5, 5.41) is 4.51. The van der Waals surface area contributed by atoms with Crippen molar-refractivity contribution in [1.29, 1.82) is 0 Å². The number of nitrogens with zero attached hydrogens (tertiary/aromatic N) is 4. The highest BCUT2D eigenvalue weighted by Crippen LogP contribution is 2.21. The molecule has 0 spiro atoms. The first-order chi connectivity index (χ1) is 10.0. The van der Waals surface area contributed by atoms with Crippen molar-refractivity contribution in [1.82, 2.24) is 24.7 Å². The van der Waals surface area contributed by atoms with E-state index in [1.54, 1.807) is 30.1 Å². The molecule has 0 bridgehead atoms. The summed E-state index contributed by atoms with van der Waals surface area (Å²) in [4.78, 5) is 22.5. The second-order valence-corrected chi connectivity index (χ2v) is 5.02. The van der Waals surface area contributed by atoms with Gasteiger partial charge in [-0.1, -0.05) is 11.6 Å². The molecule has 0 saturated heterocycles. The molecule has 1 N–H and O–H groups in total. The van der Waals surface area contributed by atoms with Gasteiger partial charge in [0.15, 0.2) is 5.82 Å². The molecule has 21 heavy (non-hydrogen) atoms. The predicted molar refractivity (Wildman–Crippen MR) is 79.7 cm³/mol. The van der Waals surface area contributed by atoms with Crippen LogP contribution in [0.15, 0.2) is 35.4 Å². The first kappa shape index (κ1) is 13.5. The Hall–Kier alpha value is -2.47. The third-order valence-electron chi connectivity index (χ3n) is 2.95. The van der Waals surface area contributed by atoms with Gasteiger partial charge >= 0.3 is 0 Å². The van der Waals surface area contributed by atoms with Gasteiger partial charge in [-0.25, -0.2) is 9.67 Å². The number of pyridine rings is 2. The number of hydrogen-bond acceptors (Lipinski definition) is 4. The lowest BCUT2D eigenvalue weighted by atomic mass is 10.2. The zero-order valence-electron chi connectivity index (χ0n) is 11.5. The first-order valence-corrected chi connectivity index (χ1v) is 6.67. The topological polar surface area (TPSA) is 76.5 Å². The number of aryl methyl sites for hydroxylation is 2. The summed E-state index contributed by atoms with van der Waals surface area (Å²) < 4.78 is 1.70. The average molecular weight is 302 g/mol. The van der Waals surface area contributed by atoms with Crippen molar-refractivity contribution in [3.63, 3.8) is 0 Å². The Labute approximate surface area is 125 Å². The zero-order chi connectivity index (χ0) is 15.0. The van der Waals surface area contributed by atoms with E-state index in [1.165, 1.54) is 0 Å². The van der Waals surface area contributed by atoms with Crippen LogP contribution in [-0.2, 0) is 0 Å². The summed E-state index contributed by atoms with van der Waals surface area (Å²) in [6.45, 7) is 3.71. The standard InChI is InChI=1S/C14H12ClN5O/c1-8-5-11(3-4-16-8)20-13(18-9(2)19-20)10-6-12(15)14(21)17-7-10/h3-7H,1-2H3,(H,17,21).